The average molecular weight is 1470 g/mol. The quantitative estimate of drug-likeness (QED) is 0.0223. The monoisotopic (exact) mass is 1460 g/mol. The molecule has 0 amide bonds. The van der Waals surface area contributed by atoms with Crippen molar-refractivity contribution in [3.63, 3.8) is 0 Å². The molecule has 0 spiro atoms. The zero-order valence-electron chi connectivity index (χ0n) is 59.8. The van der Waals surface area contributed by atoms with E-state index in [9.17, 15) is 80.5 Å². The Labute approximate surface area is 596 Å². The van der Waals surface area contributed by atoms with Gasteiger partial charge in [0.1, 0.15) is 96.8 Å². The first kappa shape index (κ1) is 79.3. The molecule has 1 aromatic rings. The number of hydrogen-bond donors (Lipinski definition) is 12. The Kier molecular flexibility index (Phi) is 23.3. The Morgan fingerprint density at radius 3 is 1.87 bits per heavy atom. The van der Waals surface area contributed by atoms with Crippen LogP contribution in [-0.2, 0) is 85.6 Å². The first-order valence-corrected chi connectivity index (χ1v) is 35.6. The van der Waals surface area contributed by atoms with Crippen molar-refractivity contribution in [3.8, 4) is 5.75 Å². The van der Waals surface area contributed by atoms with Crippen LogP contribution in [0.2, 0.25) is 0 Å². The molecular formula is C72H104O31. The molecular weight excluding hydrogens is 1360 g/mol. The van der Waals surface area contributed by atoms with Crippen LogP contribution in [-0.4, -0.2) is 279 Å². The number of carbonyl (C=O) groups is 5. The van der Waals surface area contributed by atoms with Gasteiger partial charge in [-0.25, -0.2) is 9.59 Å². The van der Waals surface area contributed by atoms with Gasteiger partial charge < -0.3 is 132 Å². The van der Waals surface area contributed by atoms with Crippen molar-refractivity contribution in [2.45, 2.75) is 280 Å². The van der Waals surface area contributed by atoms with Gasteiger partial charge in [-0.05, 0) is 135 Å². The van der Waals surface area contributed by atoms with Gasteiger partial charge >= 0.3 is 23.9 Å². The third kappa shape index (κ3) is 14.2. The van der Waals surface area contributed by atoms with Crippen LogP contribution in [0.5, 0.6) is 5.75 Å². The summed E-state index contributed by atoms with van der Waals surface area (Å²) < 4.78 is 84.4. The lowest BCUT2D eigenvalue weighted by molar-refractivity contribution is -0.391. The van der Waals surface area contributed by atoms with Gasteiger partial charge in [-0.15, -0.1) is 0 Å². The predicted molar refractivity (Wildman–Crippen MR) is 349 cm³/mol. The minimum atomic E-state index is -2.09. The van der Waals surface area contributed by atoms with Gasteiger partial charge in [-0.3, -0.25) is 9.59 Å². The number of aliphatic hydroxyl groups is 12. The van der Waals surface area contributed by atoms with Crippen LogP contribution in [0.15, 0.2) is 42.0 Å². The minimum absolute atomic E-state index is 0.0588. The van der Waals surface area contributed by atoms with Crippen molar-refractivity contribution in [1.82, 2.24) is 0 Å². The minimum Gasteiger partial charge on any atom is -0.497 e. The number of carbonyl (C=O) groups excluding carboxylic acids is 5. The van der Waals surface area contributed by atoms with Crippen LogP contribution in [0, 0.1) is 50.2 Å². The number of methoxy groups -OCH3 is 2. The SMILES string of the molecule is COC(=O)[C@@H]1O[C@H](O[C@H]2CC[C@]3(C)[C@H]4CC=C5[C@@H]6CC(C)(C)CC[C@]6(C(=O)O[C@@H]6O[C@H](C)[C@@H](OC(=O)/C=C/c7ccc(OC)cc7)[C@H](OC(C)=O)[C@H]6O[C@H]6O[C@@H](C)[C@H](O)[C@@H](O)[C@@H]6O)[C@H](O)C[C@@]5(C)[C@]4(C)CC[C@H]3[C@@]2(C)C=O)[C@H](O[C@@H]2O[C@@H](CO)[C@H](O)[C@@H](O)[C@@H]2O)[C@@H](O[C@@H]2OC[C@@H](O)[C@H](O)[C@H]2O)[C@@H]1O. The first-order chi connectivity index (χ1) is 48.5. The Balaban J connectivity index is 0.894. The largest absolute Gasteiger partial charge is 0.497 e. The van der Waals surface area contributed by atoms with Crippen molar-refractivity contribution in [2.75, 3.05) is 27.4 Å². The molecule has 9 fully saturated rings. The van der Waals surface area contributed by atoms with E-state index in [0.717, 1.165) is 32.0 Å². The number of benzene rings is 1. The molecule has 5 heterocycles. The lowest BCUT2D eigenvalue weighted by Crippen LogP contribution is -2.69. The topological polar surface area (TPSA) is 457 Å². The summed E-state index contributed by atoms with van der Waals surface area (Å²) in [4.78, 5) is 70.9. The summed E-state index contributed by atoms with van der Waals surface area (Å²) in [6.07, 6.45) is -36.3. The van der Waals surface area contributed by atoms with E-state index in [1.54, 1.807) is 31.2 Å². The second-order valence-corrected chi connectivity index (χ2v) is 31.7. The number of fused-ring (bicyclic) bond motifs is 7. The highest BCUT2D eigenvalue weighted by atomic mass is 16.8. The summed E-state index contributed by atoms with van der Waals surface area (Å²) in [7, 11) is 2.53. The van der Waals surface area contributed by atoms with Gasteiger partial charge in [0.2, 0.25) is 6.29 Å². The normalized spacial score (nSPS) is 48.1. The number of ether oxygens (including phenoxy) is 14. The molecule has 31 nitrogen and oxygen atoms in total. The lowest BCUT2D eigenvalue weighted by atomic mass is 9.33. The van der Waals surface area contributed by atoms with Crippen LogP contribution in [0.3, 0.4) is 0 Å². The van der Waals surface area contributed by atoms with Crippen LogP contribution < -0.4 is 4.74 Å². The summed E-state index contributed by atoms with van der Waals surface area (Å²) >= 11 is 0. The number of aliphatic hydroxyl groups excluding tert-OH is 12. The van der Waals surface area contributed by atoms with Gasteiger partial charge in [0, 0.05) is 13.0 Å². The maximum atomic E-state index is 16.0. The molecule has 103 heavy (non-hydrogen) atoms. The fourth-order valence-electron chi connectivity index (χ4n) is 19.1. The molecule has 0 unspecified atom stereocenters. The number of hydrogen-bond acceptors (Lipinski definition) is 31. The van der Waals surface area contributed by atoms with Crippen molar-refractivity contribution >= 4 is 36.2 Å². The van der Waals surface area contributed by atoms with E-state index in [0.29, 0.717) is 49.8 Å². The summed E-state index contributed by atoms with van der Waals surface area (Å²) in [5, 5.41) is 134. The van der Waals surface area contributed by atoms with Crippen molar-refractivity contribution in [1.29, 1.82) is 0 Å². The molecule has 12 N–H and O–H groups in total. The summed E-state index contributed by atoms with van der Waals surface area (Å²) in [6.45, 7) is 15.0. The van der Waals surface area contributed by atoms with Gasteiger partial charge in [0.25, 0.3) is 0 Å². The van der Waals surface area contributed by atoms with Crippen molar-refractivity contribution < 1.29 is 152 Å². The zero-order valence-corrected chi connectivity index (χ0v) is 59.8. The molecule has 10 aliphatic rings. The zero-order chi connectivity index (χ0) is 75.1. The first-order valence-electron chi connectivity index (χ1n) is 35.6. The summed E-state index contributed by atoms with van der Waals surface area (Å²) in [5.74, 6) is -4.55. The van der Waals surface area contributed by atoms with E-state index in [-0.39, 0.29) is 25.2 Å². The molecule has 34 atom stereocenters. The van der Waals surface area contributed by atoms with Gasteiger partial charge in [-0.2, -0.15) is 0 Å². The number of rotatable bonds is 18. The van der Waals surface area contributed by atoms with Crippen LogP contribution in [0.25, 0.3) is 6.08 Å². The Hall–Kier alpha value is -4.79. The lowest BCUT2D eigenvalue weighted by Gasteiger charge is -2.71. The highest BCUT2D eigenvalue weighted by Gasteiger charge is 2.73. The van der Waals surface area contributed by atoms with E-state index < -0.39 is 241 Å². The second-order valence-electron chi connectivity index (χ2n) is 31.7. The number of esters is 4. The molecule has 0 radical (unpaired) electrons. The fourth-order valence-corrected chi connectivity index (χ4v) is 19.1. The summed E-state index contributed by atoms with van der Waals surface area (Å²) in [5.41, 5.74) is -4.07. The maximum Gasteiger partial charge on any atom is 0.337 e. The Morgan fingerprint density at radius 1 is 0.602 bits per heavy atom. The van der Waals surface area contributed by atoms with Crippen LogP contribution >= 0.6 is 0 Å². The molecule has 4 saturated carbocycles. The maximum absolute atomic E-state index is 16.0. The van der Waals surface area contributed by atoms with Gasteiger partial charge in [0.15, 0.2) is 49.6 Å². The van der Waals surface area contributed by atoms with Crippen molar-refractivity contribution in [2.24, 2.45) is 50.2 Å². The highest BCUT2D eigenvalue weighted by molar-refractivity contribution is 5.87. The molecule has 1 aromatic carbocycles. The molecule has 578 valence electrons. The average Bonchev–Trinajstić information content (AvgIpc) is 0.669. The summed E-state index contributed by atoms with van der Waals surface area (Å²) in [6, 6.07) is 6.80. The molecule has 11 rings (SSSR count). The van der Waals surface area contributed by atoms with Crippen LogP contribution in [0.4, 0.5) is 0 Å². The molecule has 5 aliphatic heterocycles. The number of aldehydes is 1. The van der Waals surface area contributed by atoms with Crippen molar-refractivity contribution in [3.05, 3.63) is 47.6 Å². The van der Waals surface area contributed by atoms with E-state index in [2.05, 4.69) is 40.7 Å². The van der Waals surface area contributed by atoms with Gasteiger partial charge in [0.05, 0.1) is 57.3 Å². The van der Waals surface area contributed by atoms with E-state index in [1.807, 2.05) is 0 Å². The van der Waals surface area contributed by atoms with Gasteiger partial charge in [-0.1, -0.05) is 65.3 Å². The van der Waals surface area contributed by atoms with E-state index in [1.165, 1.54) is 27.0 Å². The van der Waals surface area contributed by atoms with E-state index >= 15 is 4.79 Å². The molecule has 0 bridgehead atoms. The smallest absolute Gasteiger partial charge is 0.337 e. The highest BCUT2D eigenvalue weighted by Crippen LogP contribution is 2.76. The molecule has 5 saturated heterocycles. The fraction of sp³-hybridized carbons (Fsp3) is 0.792. The van der Waals surface area contributed by atoms with Crippen LogP contribution in [0.1, 0.15) is 126 Å². The standard InChI is InChI=1S/C72H104O31/c1-31-45(79)48(82)51(85)62(93-31)102-59-57(95-33(3)75)54(98-44(78)19-14-34-12-15-35(90-10)16-13-34)32(2)94-64(59)103-66(89)72-25-24-67(4,5)26-37(72)36-17-18-41-68(6)22-21-43(69(7,30-74)40(68)20-23-70(41,8)71(36,9)27-42(72)77)97-65-58(101-63-52(86)49(83)47(81)39(28-73)96-63)55(53(87)56(100-65)60(88)91-11)99-61-50(84)46(80)38(76)29-92-61/h12-17,19,30-32,37-43,45-59,61-65,73,76-77,79-87H,18,20-29H2,1-11H3/b19-14+/t31-,32+,37-,38+,39-,40+,41+,42+,43-,45-,46-,47-,48+,49+,50+,51-,52-,53-,54+,55-,56+,57-,58+,59+,61-,62+,63-,64-,65-,68-,69+,70+,71+,72+/m0/s1. The Bertz CT molecular complexity index is 3260. The number of allylic oxidation sites excluding steroid dienone is 2. The third-order valence-electron chi connectivity index (χ3n) is 25.2. The molecule has 0 aromatic heterocycles. The Morgan fingerprint density at radius 2 is 1.23 bits per heavy atom. The van der Waals surface area contributed by atoms with E-state index in [4.69, 9.17) is 66.3 Å². The molecule has 31 heteroatoms. The molecule has 5 aliphatic carbocycles. The predicted octanol–water partition coefficient (Wildman–Crippen LogP) is -0.343. The second kappa shape index (κ2) is 30.3. The third-order valence-corrected chi connectivity index (χ3v) is 25.2.